The number of carboxylic acids is 1. The Kier molecular flexibility index (Phi) is 6.55. The van der Waals surface area contributed by atoms with Crippen molar-refractivity contribution in [3.63, 3.8) is 0 Å². The number of hydrogen-bond donors (Lipinski definition) is 1. The molecule has 1 unspecified atom stereocenters. The van der Waals surface area contributed by atoms with Gasteiger partial charge in [-0.15, -0.1) is 0 Å². The van der Waals surface area contributed by atoms with E-state index in [4.69, 9.17) is 0 Å². The maximum atomic E-state index is 11.9. The minimum atomic E-state index is -1.11. The van der Waals surface area contributed by atoms with Crippen molar-refractivity contribution in [3.8, 4) is 0 Å². The average molecular weight is 390 g/mol. The Morgan fingerprint density at radius 1 is 1.00 bits per heavy atom. The summed E-state index contributed by atoms with van der Waals surface area (Å²) in [5.41, 5.74) is 6.48. The Hall–Kier alpha value is -2.85. The van der Waals surface area contributed by atoms with Gasteiger partial charge in [0.2, 0.25) is 0 Å². The van der Waals surface area contributed by atoms with Crippen LogP contribution in [-0.2, 0) is 13.1 Å². The molecular weight excluding hydrogens is 360 g/mol. The zero-order valence-corrected chi connectivity index (χ0v) is 17.7. The first-order valence-corrected chi connectivity index (χ1v) is 10.1. The second-order valence-electron chi connectivity index (χ2n) is 7.83. The first kappa shape index (κ1) is 20.9. The van der Waals surface area contributed by atoms with Crippen molar-refractivity contribution in [1.82, 2.24) is 9.88 Å². The van der Waals surface area contributed by atoms with Crippen LogP contribution in [0.2, 0.25) is 0 Å². The molecule has 1 atom stereocenters. The molecule has 0 amide bonds. The van der Waals surface area contributed by atoms with E-state index in [0.717, 1.165) is 29.1 Å². The summed E-state index contributed by atoms with van der Waals surface area (Å²) < 4.78 is 2.08. The highest BCUT2D eigenvalue weighted by molar-refractivity contribution is 5.89. The Balaban J connectivity index is 1.78. The van der Waals surface area contributed by atoms with Crippen LogP contribution in [0.3, 0.4) is 0 Å². The van der Waals surface area contributed by atoms with Crippen LogP contribution in [0.4, 0.5) is 0 Å². The topological polar surface area (TPSA) is 57.1 Å². The molecule has 4 nitrogen and oxygen atoms in total. The van der Waals surface area contributed by atoms with Crippen molar-refractivity contribution < 1.29 is 9.90 Å². The molecule has 1 aromatic heterocycles. The quantitative estimate of drug-likeness (QED) is 0.639. The number of nitrogens with one attached hydrogen (secondary N) is 1. The van der Waals surface area contributed by atoms with E-state index >= 15 is 0 Å². The van der Waals surface area contributed by atoms with Gasteiger partial charge in [-0.25, -0.2) is 0 Å². The largest absolute Gasteiger partial charge is 0.545 e. The molecule has 0 aliphatic carbocycles. The SMILES string of the molecule is Cc1ccc(Cn2c(C)c(CNCC(C)c3ccccc3)c(C(=O)[O-])c2C)cc1. The molecule has 3 aromatic rings. The number of aromatic carboxylic acids is 1. The molecule has 2 aromatic carbocycles. The van der Waals surface area contributed by atoms with Gasteiger partial charge in [0.05, 0.1) is 5.97 Å². The summed E-state index contributed by atoms with van der Waals surface area (Å²) in [6, 6.07) is 18.7. The van der Waals surface area contributed by atoms with Crippen molar-refractivity contribution in [2.45, 2.75) is 46.7 Å². The number of nitrogens with zero attached hydrogens (tertiary/aromatic N) is 1. The van der Waals surface area contributed by atoms with E-state index in [1.807, 2.05) is 32.0 Å². The zero-order chi connectivity index (χ0) is 21.0. The monoisotopic (exact) mass is 389 g/mol. The lowest BCUT2D eigenvalue weighted by Gasteiger charge is -2.14. The van der Waals surface area contributed by atoms with Crippen molar-refractivity contribution in [3.05, 3.63) is 93.8 Å². The summed E-state index contributed by atoms with van der Waals surface area (Å²) in [6.07, 6.45) is 0. The molecule has 3 rings (SSSR count). The van der Waals surface area contributed by atoms with Gasteiger partial charge in [0.25, 0.3) is 0 Å². The standard InChI is InChI=1S/C25H30N2O2/c1-17-10-12-21(13-11-17)16-27-19(3)23(24(20(27)4)25(28)29)15-26-14-18(2)22-8-6-5-7-9-22/h5-13,18,26H,14-16H2,1-4H3,(H,28,29)/p-1. The number of carbonyl (C=O) groups excluding carboxylic acids is 1. The smallest absolute Gasteiger partial charge is 0.0736 e. The first-order chi connectivity index (χ1) is 13.9. The third-order valence-corrected chi connectivity index (χ3v) is 5.70. The fraction of sp³-hybridized carbons (Fsp3) is 0.320. The maximum Gasteiger partial charge on any atom is 0.0736 e. The van der Waals surface area contributed by atoms with Gasteiger partial charge in [-0.3, -0.25) is 0 Å². The van der Waals surface area contributed by atoms with E-state index in [0.29, 0.717) is 24.6 Å². The molecule has 4 heteroatoms. The van der Waals surface area contributed by atoms with E-state index in [1.165, 1.54) is 11.1 Å². The lowest BCUT2D eigenvalue weighted by Crippen LogP contribution is -2.26. The van der Waals surface area contributed by atoms with E-state index in [2.05, 4.69) is 60.1 Å². The molecule has 29 heavy (non-hydrogen) atoms. The Labute approximate surface area is 173 Å². The molecular formula is C25H29N2O2-. The van der Waals surface area contributed by atoms with Crippen molar-refractivity contribution >= 4 is 5.97 Å². The molecule has 152 valence electrons. The number of aromatic nitrogens is 1. The number of benzene rings is 2. The van der Waals surface area contributed by atoms with Crippen LogP contribution in [0.5, 0.6) is 0 Å². The molecule has 0 fully saturated rings. The van der Waals surface area contributed by atoms with Gasteiger partial charge in [0.15, 0.2) is 0 Å². The number of carboxylic acid groups (broad SMARTS) is 1. The van der Waals surface area contributed by atoms with Crippen LogP contribution >= 0.6 is 0 Å². The third kappa shape index (κ3) is 4.77. The number of aryl methyl sites for hydroxylation is 1. The molecule has 0 radical (unpaired) electrons. The summed E-state index contributed by atoms with van der Waals surface area (Å²) >= 11 is 0. The molecule has 0 saturated carbocycles. The second kappa shape index (κ2) is 9.10. The minimum Gasteiger partial charge on any atom is -0.545 e. The van der Waals surface area contributed by atoms with Crippen LogP contribution in [0.15, 0.2) is 54.6 Å². The van der Waals surface area contributed by atoms with E-state index in [9.17, 15) is 9.90 Å². The zero-order valence-electron chi connectivity index (χ0n) is 17.7. The van der Waals surface area contributed by atoms with Crippen LogP contribution in [0.1, 0.15) is 56.8 Å². The van der Waals surface area contributed by atoms with Crippen molar-refractivity contribution in [2.75, 3.05) is 6.54 Å². The van der Waals surface area contributed by atoms with Crippen molar-refractivity contribution in [1.29, 1.82) is 0 Å². The number of rotatable bonds is 8. The fourth-order valence-electron chi connectivity index (χ4n) is 3.86. The van der Waals surface area contributed by atoms with Gasteiger partial charge in [0.1, 0.15) is 0 Å². The van der Waals surface area contributed by atoms with Gasteiger partial charge in [-0.2, -0.15) is 0 Å². The summed E-state index contributed by atoms with van der Waals surface area (Å²) in [6.45, 7) is 10.0. The highest BCUT2D eigenvalue weighted by Crippen LogP contribution is 2.24. The first-order valence-electron chi connectivity index (χ1n) is 10.1. The predicted molar refractivity (Wildman–Crippen MR) is 115 cm³/mol. The Morgan fingerprint density at radius 3 is 2.28 bits per heavy atom. The Morgan fingerprint density at radius 2 is 1.66 bits per heavy atom. The molecule has 0 aliphatic rings. The molecule has 0 saturated heterocycles. The number of carbonyl (C=O) groups is 1. The summed E-state index contributed by atoms with van der Waals surface area (Å²) in [4.78, 5) is 11.9. The molecule has 1 heterocycles. The maximum absolute atomic E-state index is 11.9. The average Bonchev–Trinajstić information content (AvgIpc) is 2.94. The van der Waals surface area contributed by atoms with Gasteiger partial charge < -0.3 is 19.8 Å². The van der Waals surface area contributed by atoms with E-state index < -0.39 is 5.97 Å². The third-order valence-electron chi connectivity index (χ3n) is 5.70. The van der Waals surface area contributed by atoms with Crippen molar-refractivity contribution in [2.24, 2.45) is 0 Å². The van der Waals surface area contributed by atoms with Gasteiger partial charge in [-0.1, -0.05) is 67.1 Å². The summed E-state index contributed by atoms with van der Waals surface area (Å²) in [5.74, 6) is -0.764. The van der Waals surface area contributed by atoms with Crippen LogP contribution in [0.25, 0.3) is 0 Å². The molecule has 0 bridgehead atoms. The lowest BCUT2D eigenvalue weighted by atomic mass is 10.0. The Bertz CT molecular complexity index is 972. The molecule has 1 N–H and O–H groups in total. The summed E-state index contributed by atoms with van der Waals surface area (Å²) in [5, 5.41) is 15.3. The van der Waals surface area contributed by atoms with Crippen LogP contribution in [-0.4, -0.2) is 17.1 Å². The van der Waals surface area contributed by atoms with Gasteiger partial charge in [-0.05, 0) is 43.4 Å². The fourth-order valence-corrected chi connectivity index (χ4v) is 3.86. The van der Waals surface area contributed by atoms with Crippen LogP contribution in [0, 0.1) is 20.8 Å². The highest BCUT2D eigenvalue weighted by Gasteiger charge is 2.18. The summed E-state index contributed by atoms with van der Waals surface area (Å²) in [7, 11) is 0. The van der Waals surface area contributed by atoms with Gasteiger partial charge in [0, 0.05) is 36.6 Å². The highest BCUT2D eigenvalue weighted by atomic mass is 16.4. The lowest BCUT2D eigenvalue weighted by molar-refractivity contribution is -0.255. The predicted octanol–water partition coefficient (Wildman–Crippen LogP) is 3.72. The van der Waals surface area contributed by atoms with E-state index in [-0.39, 0.29) is 0 Å². The molecule has 0 aliphatic heterocycles. The second-order valence-corrected chi connectivity index (χ2v) is 7.83. The van der Waals surface area contributed by atoms with Gasteiger partial charge >= 0.3 is 0 Å². The minimum absolute atomic E-state index is 0.314. The van der Waals surface area contributed by atoms with E-state index in [1.54, 1.807) is 0 Å². The van der Waals surface area contributed by atoms with Crippen LogP contribution < -0.4 is 10.4 Å². The molecule has 0 spiro atoms. The normalized spacial score (nSPS) is 12.1. The number of hydrogen-bond acceptors (Lipinski definition) is 3.